The molecule has 0 saturated carbocycles. The number of aromatic nitrogens is 2. The van der Waals surface area contributed by atoms with Gasteiger partial charge in [0.15, 0.2) is 0 Å². The lowest BCUT2D eigenvalue weighted by molar-refractivity contribution is 0.278. The summed E-state index contributed by atoms with van der Waals surface area (Å²) in [6.45, 7) is 0.555. The van der Waals surface area contributed by atoms with Gasteiger partial charge in [0.25, 0.3) is 0 Å². The van der Waals surface area contributed by atoms with Gasteiger partial charge in [-0.2, -0.15) is 0 Å². The summed E-state index contributed by atoms with van der Waals surface area (Å²) in [5.41, 5.74) is 0.821. The number of halogens is 1. The van der Waals surface area contributed by atoms with Crippen LogP contribution in [0.15, 0.2) is 24.4 Å². The molecule has 0 amide bonds. The summed E-state index contributed by atoms with van der Waals surface area (Å²) in [5, 5.41) is 10.4. The van der Waals surface area contributed by atoms with Gasteiger partial charge in [-0.25, -0.2) is 4.98 Å². The highest BCUT2D eigenvalue weighted by Gasteiger charge is 2.05. The van der Waals surface area contributed by atoms with Crippen molar-refractivity contribution in [2.75, 3.05) is 6.61 Å². The molecule has 0 aliphatic rings. The van der Waals surface area contributed by atoms with E-state index in [1.54, 1.807) is 10.8 Å². The molecule has 2 heterocycles. The number of fused-ring (bicyclic) bond motifs is 1. The molecular formula is C9H9ClN2O. The number of hydrogen-bond donors (Lipinski definition) is 1. The highest BCUT2D eigenvalue weighted by atomic mass is 35.5. The molecule has 13 heavy (non-hydrogen) atoms. The SMILES string of the molecule is OCCn1c(Cl)cc2cccnc21. The first-order valence-electron chi connectivity index (χ1n) is 4.03. The fourth-order valence-electron chi connectivity index (χ4n) is 1.37. The minimum absolute atomic E-state index is 0.0695. The van der Waals surface area contributed by atoms with Crippen LogP contribution in [0.1, 0.15) is 0 Å². The van der Waals surface area contributed by atoms with Gasteiger partial charge in [0.05, 0.1) is 6.61 Å². The van der Waals surface area contributed by atoms with E-state index in [-0.39, 0.29) is 6.61 Å². The molecule has 0 aliphatic carbocycles. The van der Waals surface area contributed by atoms with Crippen LogP contribution in [0.25, 0.3) is 11.0 Å². The molecule has 0 aliphatic heterocycles. The number of aliphatic hydroxyl groups is 1. The highest BCUT2D eigenvalue weighted by Crippen LogP contribution is 2.20. The van der Waals surface area contributed by atoms with Gasteiger partial charge in [0, 0.05) is 18.1 Å². The summed E-state index contributed by atoms with van der Waals surface area (Å²) >= 11 is 5.96. The number of aliphatic hydroxyl groups excluding tert-OH is 1. The third-order valence-electron chi connectivity index (χ3n) is 1.93. The molecule has 0 unspecified atom stereocenters. The van der Waals surface area contributed by atoms with E-state index in [1.165, 1.54) is 0 Å². The second kappa shape index (κ2) is 3.36. The summed E-state index contributed by atoms with van der Waals surface area (Å²) in [7, 11) is 0. The van der Waals surface area contributed by atoms with Gasteiger partial charge in [0.2, 0.25) is 0 Å². The number of nitrogens with zero attached hydrogens (tertiary/aromatic N) is 2. The van der Waals surface area contributed by atoms with E-state index in [4.69, 9.17) is 16.7 Å². The molecule has 1 N–H and O–H groups in total. The van der Waals surface area contributed by atoms with Crippen molar-refractivity contribution in [3.8, 4) is 0 Å². The van der Waals surface area contributed by atoms with Crippen LogP contribution in [0.5, 0.6) is 0 Å². The average molecular weight is 197 g/mol. The quantitative estimate of drug-likeness (QED) is 0.794. The van der Waals surface area contributed by atoms with Gasteiger partial charge >= 0.3 is 0 Å². The minimum atomic E-state index is 0.0695. The smallest absolute Gasteiger partial charge is 0.141 e. The Morgan fingerprint density at radius 1 is 1.54 bits per heavy atom. The van der Waals surface area contributed by atoms with Crippen LogP contribution in [0.4, 0.5) is 0 Å². The van der Waals surface area contributed by atoms with Crippen LogP contribution in [0.3, 0.4) is 0 Å². The second-order valence-electron chi connectivity index (χ2n) is 2.76. The Morgan fingerprint density at radius 3 is 3.15 bits per heavy atom. The van der Waals surface area contributed by atoms with E-state index in [1.807, 2.05) is 18.2 Å². The molecule has 2 aromatic heterocycles. The average Bonchev–Trinajstić information content (AvgIpc) is 2.44. The van der Waals surface area contributed by atoms with E-state index in [0.29, 0.717) is 11.7 Å². The maximum Gasteiger partial charge on any atom is 0.141 e. The van der Waals surface area contributed by atoms with Crippen LogP contribution >= 0.6 is 11.6 Å². The predicted molar refractivity (Wildman–Crippen MR) is 51.8 cm³/mol. The van der Waals surface area contributed by atoms with E-state index in [9.17, 15) is 0 Å². The fraction of sp³-hybridized carbons (Fsp3) is 0.222. The molecule has 0 radical (unpaired) electrons. The number of pyridine rings is 1. The fourth-order valence-corrected chi connectivity index (χ4v) is 1.65. The van der Waals surface area contributed by atoms with Crippen LogP contribution in [0.2, 0.25) is 5.15 Å². The van der Waals surface area contributed by atoms with Crippen molar-refractivity contribution in [1.29, 1.82) is 0 Å². The molecule has 0 fully saturated rings. The zero-order valence-corrected chi connectivity index (χ0v) is 7.70. The van der Waals surface area contributed by atoms with E-state index in [2.05, 4.69) is 4.98 Å². The molecule has 0 atom stereocenters. The van der Waals surface area contributed by atoms with Gasteiger partial charge in [-0.05, 0) is 18.2 Å². The van der Waals surface area contributed by atoms with Gasteiger partial charge < -0.3 is 9.67 Å². The van der Waals surface area contributed by atoms with E-state index in [0.717, 1.165) is 11.0 Å². The molecular weight excluding hydrogens is 188 g/mol. The van der Waals surface area contributed by atoms with Crippen molar-refractivity contribution < 1.29 is 5.11 Å². The van der Waals surface area contributed by atoms with Crippen molar-refractivity contribution in [2.45, 2.75) is 6.54 Å². The Balaban J connectivity index is 2.64. The maximum atomic E-state index is 8.81. The molecule has 3 nitrogen and oxygen atoms in total. The molecule has 2 aromatic rings. The van der Waals surface area contributed by atoms with Crippen molar-refractivity contribution in [1.82, 2.24) is 9.55 Å². The minimum Gasteiger partial charge on any atom is -0.395 e. The third kappa shape index (κ3) is 1.41. The molecule has 68 valence electrons. The lowest BCUT2D eigenvalue weighted by Crippen LogP contribution is -2.02. The second-order valence-corrected chi connectivity index (χ2v) is 3.15. The number of hydrogen-bond acceptors (Lipinski definition) is 2. The number of rotatable bonds is 2. The Labute approximate surface area is 80.6 Å². The van der Waals surface area contributed by atoms with Crippen molar-refractivity contribution in [2.24, 2.45) is 0 Å². The first kappa shape index (κ1) is 8.53. The lowest BCUT2D eigenvalue weighted by Gasteiger charge is -2.02. The van der Waals surface area contributed by atoms with Crippen molar-refractivity contribution in [3.63, 3.8) is 0 Å². The van der Waals surface area contributed by atoms with Crippen LogP contribution in [-0.4, -0.2) is 21.3 Å². The summed E-state index contributed by atoms with van der Waals surface area (Å²) < 4.78 is 1.79. The van der Waals surface area contributed by atoms with Gasteiger partial charge in [-0.3, -0.25) is 0 Å². The first-order valence-corrected chi connectivity index (χ1v) is 4.41. The molecule has 0 aromatic carbocycles. The van der Waals surface area contributed by atoms with Gasteiger partial charge in [-0.1, -0.05) is 11.6 Å². The van der Waals surface area contributed by atoms with Gasteiger partial charge in [-0.15, -0.1) is 0 Å². The van der Waals surface area contributed by atoms with Crippen LogP contribution < -0.4 is 0 Å². The Bertz CT molecular complexity index is 424. The Morgan fingerprint density at radius 2 is 2.38 bits per heavy atom. The molecule has 4 heteroatoms. The van der Waals surface area contributed by atoms with Crippen molar-refractivity contribution in [3.05, 3.63) is 29.5 Å². The summed E-state index contributed by atoms with van der Waals surface area (Å²) in [6, 6.07) is 5.66. The van der Waals surface area contributed by atoms with Crippen molar-refractivity contribution >= 4 is 22.6 Å². The first-order chi connectivity index (χ1) is 6.33. The zero-order chi connectivity index (χ0) is 9.26. The zero-order valence-electron chi connectivity index (χ0n) is 6.94. The molecule has 0 spiro atoms. The lowest BCUT2D eigenvalue weighted by atomic mass is 10.3. The predicted octanol–water partition coefficient (Wildman–Crippen LogP) is 1.68. The third-order valence-corrected chi connectivity index (χ3v) is 2.24. The highest BCUT2D eigenvalue weighted by molar-refractivity contribution is 6.30. The topological polar surface area (TPSA) is 38.0 Å². The Hall–Kier alpha value is -1.06. The molecule has 0 bridgehead atoms. The monoisotopic (exact) mass is 196 g/mol. The maximum absolute atomic E-state index is 8.81. The van der Waals surface area contributed by atoms with E-state index < -0.39 is 0 Å². The van der Waals surface area contributed by atoms with Gasteiger partial charge in [0.1, 0.15) is 10.8 Å². The molecule has 0 saturated heterocycles. The molecule has 2 rings (SSSR count). The largest absolute Gasteiger partial charge is 0.395 e. The van der Waals surface area contributed by atoms with Crippen LogP contribution in [0, 0.1) is 0 Å². The standard InChI is InChI=1S/C9H9ClN2O/c10-8-6-7-2-1-3-11-9(7)12(8)4-5-13/h1-3,6,13H,4-5H2. The summed E-state index contributed by atoms with van der Waals surface area (Å²) in [6.07, 6.45) is 1.71. The summed E-state index contributed by atoms with van der Waals surface area (Å²) in [5.74, 6) is 0. The van der Waals surface area contributed by atoms with E-state index >= 15 is 0 Å². The Kier molecular flexibility index (Phi) is 2.20. The normalized spacial score (nSPS) is 10.9. The summed E-state index contributed by atoms with van der Waals surface area (Å²) in [4.78, 5) is 4.19. The van der Waals surface area contributed by atoms with Crippen LogP contribution in [-0.2, 0) is 6.54 Å².